The van der Waals surface area contributed by atoms with E-state index in [1.54, 1.807) is 18.1 Å². The van der Waals surface area contributed by atoms with Crippen LogP contribution in [0.2, 0.25) is 0 Å². The van der Waals surface area contributed by atoms with Crippen LogP contribution in [0, 0.1) is 0 Å². The molecule has 0 saturated heterocycles. The van der Waals surface area contributed by atoms with Gasteiger partial charge < -0.3 is 0 Å². The molecule has 0 unspecified atom stereocenters. The van der Waals surface area contributed by atoms with Gasteiger partial charge in [0, 0.05) is 17.2 Å². The number of aromatic nitrogens is 2. The Bertz CT molecular complexity index is 310. The molecule has 0 radical (unpaired) electrons. The zero-order valence-electron chi connectivity index (χ0n) is 5.32. The van der Waals surface area contributed by atoms with E-state index < -0.39 is 0 Å². The molecule has 0 N–H and O–H groups in total. The third kappa shape index (κ3) is 0.926. The van der Waals surface area contributed by atoms with E-state index in [2.05, 4.69) is 21.5 Å². The maximum atomic E-state index is 4.10. The highest BCUT2D eigenvalue weighted by atomic mass is 32.2. The van der Waals surface area contributed by atoms with Gasteiger partial charge in [0.2, 0.25) is 0 Å². The first-order valence-corrected chi connectivity index (χ1v) is 4.10. The van der Waals surface area contributed by atoms with Crippen LogP contribution in [0.15, 0.2) is 12.5 Å². The predicted octanol–water partition coefficient (Wildman–Crippen LogP) is -0.258. The Hall–Kier alpha value is -0.830. The molecule has 0 atom stereocenters. The first kappa shape index (κ1) is 5.92. The van der Waals surface area contributed by atoms with Gasteiger partial charge in [-0.3, -0.25) is 0 Å². The number of thioether (sulfide) groups is 1. The van der Waals surface area contributed by atoms with Crippen LogP contribution in [0.4, 0.5) is 0 Å². The minimum Gasteiger partial charge on any atom is -0.244 e. The molecule has 50 valence electrons. The van der Waals surface area contributed by atoms with Crippen LogP contribution in [-0.4, -0.2) is 15.7 Å². The second kappa shape index (κ2) is 2.42. The lowest BCUT2D eigenvalue weighted by Gasteiger charge is -1.95. The molecular weight excluding hydrogens is 144 g/mol. The molecule has 0 spiro atoms. The first-order chi connectivity index (χ1) is 4.97. The van der Waals surface area contributed by atoms with Crippen molar-refractivity contribution >= 4 is 23.2 Å². The van der Waals surface area contributed by atoms with Crippen molar-refractivity contribution in [3.8, 4) is 0 Å². The maximum Gasteiger partial charge on any atom is 0.116 e. The number of rotatable bonds is 0. The van der Waals surface area contributed by atoms with Gasteiger partial charge in [-0.05, 0) is 5.41 Å². The van der Waals surface area contributed by atoms with Crippen molar-refractivity contribution in [2.24, 2.45) is 0 Å². The molecule has 0 fully saturated rings. The van der Waals surface area contributed by atoms with E-state index >= 15 is 0 Å². The summed E-state index contributed by atoms with van der Waals surface area (Å²) in [4.78, 5) is 8.03. The van der Waals surface area contributed by atoms with Crippen molar-refractivity contribution in [1.29, 1.82) is 0 Å². The van der Waals surface area contributed by atoms with Gasteiger partial charge >= 0.3 is 0 Å². The summed E-state index contributed by atoms with van der Waals surface area (Å²) in [5.74, 6) is 1.04. The average Bonchev–Trinajstić information content (AvgIpc) is 2.05. The monoisotopic (exact) mass is 150 g/mol. The van der Waals surface area contributed by atoms with Crippen LogP contribution in [0.5, 0.6) is 0 Å². The van der Waals surface area contributed by atoms with Crippen molar-refractivity contribution in [3.05, 3.63) is 23.1 Å². The molecule has 3 heteroatoms. The topological polar surface area (TPSA) is 25.8 Å². The third-order valence-corrected chi connectivity index (χ3v) is 2.12. The summed E-state index contributed by atoms with van der Waals surface area (Å²) in [6.07, 6.45) is 5.56. The normalized spacial score (nSPS) is 14.8. The fraction of sp³-hybridized carbons (Fsp3) is 0.143. The van der Waals surface area contributed by atoms with Gasteiger partial charge in [0.05, 0.1) is 5.35 Å². The van der Waals surface area contributed by atoms with Gasteiger partial charge in [0.25, 0.3) is 0 Å². The van der Waals surface area contributed by atoms with Crippen molar-refractivity contribution < 1.29 is 0 Å². The van der Waals surface area contributed by atoms with E-state index in [4.69, 9.17) is 0 Å². The van der Waals surface area contributed by atoms with Gasteiger partial charge in [-0.15, -0.1) is 11.8 Å². The molecule has 1 aliphatic rings. The Balaban J connectivity index is 2.84. The van der Waals surface area contributed by atoms with E-state index in [-0.39, 0.29) is 0 Å². The second-order valence-electron chi connectivity index (χ2n) is 2.02. The molecule has 1 aromatic rings. The molecule has 2 nitrogen and oxygen atoms in total. The summed E-state index contributed by atoms with van der Waals surface area (Å²) in [7, 11) is 0. The third-order valence-electron chi connectivity index (χ3n) is 1.37. The fourth-order valence-corrected chi connectivity index (χ4v) is 1.60. The lowest BCUT2D eigenvalue weighted by molar-refractivity contribution is 1.10. The smallest absolute Gasteiger partial charge is 0.116 e. The lowest BCUT2D eigenvalue weighted by atomic mass is 10.4. The van der Waals surface area contributed by atoms with Gasteiger partial charge in [-0.1, -0.05) is 6.08 Å². The highest BCUT2D eigenvalue weighted by Gasteiger charge is 1.91. The molecule has 0 amide bonds. The highest BCUT2D eigenvalue weighted by molar-refractivity contribution is 8.06. The molecule has 1 aliphatic heterocycles. The Morgan fingerprint density at radius 1 is 1.50 bits per heavy atom. The van der Waals surface area contributed by atoms with Gasteiger partial charge in [0.15, 0.2) is 0 Å². The molecular formula is C7H6N2S. The second-order valence-corrected chi connectivity index (χ2v) is 2.92. The molecule has 2 rings (SSSR count). The Morgan fingerprint density at radius 3 is 3.40 bits per heavy atom. The van der Waals surface area contributed by atoms with E-state index in [1.165, 1.54) is 0 Å². The number of fused-ring (bicyclic) bond motifs is 1. The van der Waals surface area contributed by atoms with Gasteiger partial charge in [-0.25, -0.2) is 9.97 Å². The van der Waals surface area contributed by atoms with E-state index in [9.17, 15) is 0 Å². The first-order valence-electron chi connectivity index (χ1n) is 3.05. The lowest BCUT2D eigenvalue weighted by Crippen LogP contribution is -2.29. The molecule has 0 aromatic carbocycles. The van der Waals surface area contributed by atoms with E-state index in [1.807, 2.05) is 6.20 Å². The molecule has 10 heavy (non-hydrogen) atoms. The van der Waals surface area contributed by atoms with Crippen LogP contribution in [0.25, 0.3) is 11.5 Å². The van der Waals surface area contributed by atoms with Crippen LogP contribution in [-0.2, 0) is 0 Å². The van der Waals surface area contributed by atoms with Gasteiger partial charge in [-0.2, -0.15) is 0 Å². The highest BCUT2D eigenvalue weighted by Crippen LogP contribution is 2.01. The molecule has 0 saturated carbocycles. The number of hydrogen-bond donors (Lipinski definition) is 0. The summed E-state index contributed by atoms with van der Waals surface area (Å²) >= 11 is 1.77. The van der Waals surface area contributed by atoms with Crippen molar-refractivity contribution in [3.63, 3.8) is 0 Å². The maximum absolute atomic E-state index is 4.10. The fourth-order valence-electron chi connectivity index (χ4n) is 0.871. The van der Waals surface area contributed by atoms with Crippen LogP contribution < -0.4 is 10.6 Å². The zero-order valence-corrected chi connectivity index (χ0v) is 6.14. The quantitative estimate of drug-likeness (QED) is 0.509. The summed E-state index contributed by atoms with van der Waals surface area (Å²) in [6, 6.07) is 0. The molecule has 1 aromatic heterocycles. The van der Waals surface area contributed by atoms with E-state index in [0.29, 0.717) is 0 Å². The minimum atomic E-state index is 1.04. The molecule has 2 heterocycles. The minimum absolute atomic E-state index is 1.04. The SMILES string of the molecule is C1=c2cncnc2=CSC1. The number of nitrogens with zero attached hydrogens (tertiary/aromatic N) is 2. The standard InChI is InChI=1S/C7H6N2S/c1-2-10-4-7-6(1)3-8-5-9-7/h1,3-5H,2H2. The van der Waals surface area contributed by atoms with Crippen molar-refractivity contribution in [2.75, 3.05) is 5.75 Å². The van der Waals surface area contributed by atoms with Crippen LogP contribution >= 0.6 is 11.8 Å². The largest absolute Gasteiger partial charge is 0.244 e. The summed E-state index contributed by atoms with van der Waals surface area (Å²) < 4.78 is 0. The molecule has 0 bridgehead atoms. The Kier molecular flexibility index (Phi) is 1.43. The van der Waals surface area contributed by atoms with Gasteiger partial charge in [0.1, 0.15) is 6.33 Å². The molecule has 0 aliphatic carbocycles. The summed E-state index contributed by atoms with van der Waals surface area (Å²) in [5.41, 5.74) is 0. The zero-order chi connectivity index (χ0) is 6.81. The Morgan fingerprint density at radius 2 is 2.50 bits per heavy atom. The van der Waals surface area contributed by atoms with E-state index in [0.717, 1.165) is 16.3 Å². The summed E-state index contributed by atoms with van der Waals surface area (Å²) in [6.45, 7) is 0. The van der Waals surface area contributed by atoms with Crippen molar-refractivity contribution in [1.82, 2.24) is 9.97 Å². The predicted molar refractivity (Wildman–Crippen MR) is 42.7 cm³/mol. The summed E-state index contributed by atoms with van der Waals surface area (Å²) in [5, 5.41) is 4.27. The average molecular weight is 150 g/mol. The van der Waals surface area contributed by atoms with Crippen LogP contribution in [0.3, 0.4) is 0 Å². The Labute approximate surface area is 62.7 Å². The number of hydrogen-bond acceptors (Lipinski definition) is 3. The van der Waals surface area contributed by atoms with Crippen LogP contribution in [0.1, 0.15) is 0 Å². The van der Waals surface area contributed by atoms with Crippen molar-refractivity contribution in [2.45, 2.75) is 0 Å².